The summed E-state index contributed by atoms with van der Waals surface area (Å²) in [5.74, 6) is 0.671. The van der Waals surface area contributed by atoms with E-state index in [1.807, 2.05) is 59.5 Å². The van der Waals surface area contributed by atoms with E-state index in [4.69, 9.17) is 4.74 Å². The van der Waals surface area contributed by atoms with Crippen molar-refractivity contribution in [3.63, 3.8) is 0 Å². The van der Waals surface area contributed by atoms with Crippen LogP contribution in [0.1, 0.15) is 35.3 Å². The van der Waals surface area contributed by atoms with Crippen molar-refractivity contribution >= 4 is 12.0 Å². The number of nitrogens with one attached hydrogen (secondary N) is 1. The number of hydrogen-bond donors (Lipinski definition) is 1. The maximum absolute atomic E-state index is 13.1. The average Bonchev–Trinajstić information content (AvgIpc) is 3.28. The number of likely N-dealkylation sites (tertiary alicyclic amines) is 1. The van der Waals surface area contributed by atoms with Crippen molar-refractivity contribution < 1.29 is 19.4 Å². The third-order valence-electron chi connectivity index (χ3n) is 5.58. The standard InChI is InChI=1S/C24H26N4O4/c1-32-20-11-9-19(10-12-20)28-22(18-7-5-17(6-8-18)16-25-24(30)31)15-21(26-28)23(29)27-13-3-2-4-14-27/h5-12,15,25H,2-4,13-14,16H2,1H3,(H,30,31)/p-1. The Balaban J connectivity index is 1.69. The third kappa shape index (κ3) is 4.74. The van der Waals surface area contributed by atoms with Gasteiger partial charge >= 0.3 is 0 Å². The van der Waals surface area contributed by atoms with Gasteiger partial charge in [-0.3, -0.25) is 4.79 Å². The minimum atomic E-state index is -1.31. The predicted molar refractivity (Wildman–Crippen MR) is 118 cm³/mol. The molecule has 0 radical (unpaired) electrons. The average molecular weight is 433 g/mol. The SMILES string of the molecule is COc1ccc(-n2nc(C(=O)N3CCCCC3)cc2-c2ccc(CNC(=O)[O-])cc2)cc1. The molecule has 4 rings (SSSR count). The molecule has 1 N–H and O–H groups in total. The van der Waals surface area contributed by atoms with Crippen molar-refractivity contribution in [1.29, 1.82) is 0 Å². The van der Waals surface area contributed by atoms with Gasteiger partial charge in [0.1, 0.15) is 11.8 Å². The molecule has 166 valence electrons. The van der Waals surface area contributed by atoms with Crippen LogP contribution >= 0.6 is 0 Å². The molecule has 8 nitrogen and oxygen atoms in total. The number of carbonyl (C=O) groups is 2. The van der Waals surface area contributed by atoms with Crippen LogP contribution in [-0.4, -0.2) is 46.9 Å². The number of ether oxygens (including phenoxy) is 1. The van der Waals surface area contributed by atoms with Gasteiger partial charge in [0, 0.05) is 25.2 Å². The largest absolute Gasteiger partial charge is 0.530 e. The maximum atomic E-state index is 13.1. The molecule has 0 aliphatic carbocycles. The fraction of sp³-hybridized carbons (Fsp3) is 0.292. The van der Waals surface area contributed by atoms with Gasteiger partial charge in [0.05, 0.1) is 18.5 Å². The molecule has 1 aliphatic rings. The van der Waals surface area contributed by atoms with E-state index in [1.165, 1.54) is 0 Å². The lowest BCUT2D eigenvalue weighted by Crippen LogP contribution is -2.35. The quantitative estimate of drug-likeness (QED) is 0.644. The van der Waals surface area contributed by atoms with Gasteiger partial charge in [-0.05, 0) is 55.2 Å². The number of hydrogen-bond acceptors (Lipinski definition) is 5. The van der Waals surface area contributed by atoms with Crippen molar-refractivity contribution in [3.8, 4) is 22.7 Å². The molecular formula is C24H25N4O4-. The van der Waals surface area contributed by atoms with Crippen LogP contribution in [-0.2, 0) is 6.54 Å². The number of aromatic nitrogens is 2. The highest BCUT2D eigenvalue weighted by molar-refractivity contribution is 5.93. The molecule has 8 heteroatoms. The highest BCUT2D eigenvalue weighted by Gasteiger charge is 2.23. The van der Waals surface area contributed by atoms with Crippen LogP contribution in [0.5, 0.6) is 5.75 Å². The predicted octanol–water partition coefficient (Wildman–Crippen LogP) is 2.61. The van der Waals surface area contributed by atoms with Crippen LogP contribution in [0.15, 0.2) is 54.6 Å². The molecule has 2 aromatic carbocycles. The van der Waals surface area contributed by atoms with Gasteiger partial charge in [-0.1, -0.05) is 24.3 Å². The Morgan fingerprint density at radius 1 is 1.03 bits per heavy atom. The zero-order chi connectivity index (χ0) is 22.5. The van der Waals surface area contributed by atoms with Crippen LogP contribution in [0.2, 0.25) is 0 Å². The monoisotopic (exact) mass is 433 g/mol. The molecule has 3 aromatic rings. The lowest BCUT2D eigenvalue weighted by atomic mass is 10.1. The molecule has 1 aliphatic heterocycles. The first-order valence-corrected chi connectivity index (χ1v) is 10.6. The highest BCUT2D eigenvalue weighted by atomic mass is 16.5. The molecule has 0 unspecified atom stereocenters. The van der Waals surface area contributed by atoms with Gasteiger partial charge in [-0.2, -0.15) is 5.10 Å². The number of carbonyl (C=O) groups excluding carboxylic acids is 2. The Kier molecular flexibility index (Phi) is 6.39. The van der Waals surface area contributed by atoms with Crippen molar-refractivity contribution in [2.24, 2.45) is 0 Å². The normalized spacial score (nSPS) is 13.6. The second-order valence-electron chi connectivity index (χ2n) is 7.72. The summed E-state index contributed by atoms with van der Waals surface area (Å²) < 4.78 is 7.01. The van der Waals surface area contributed by atoms with Gasteiger partial charge in [0.15, 0.2) is 5.69 Å². The van der Waals surface area contributed by atoms with E-state index < -0.39 is 6.09 Å². The fourth-order valence-corrected chi connectivity index (χ4v) is 3.84. The number of carboxylic acid groups (broad SMARTS) is 1. The Labute approximate surface area is 186 Å². The summed E-state index contributed by atoms with van der Waals surface area (Å²) in [4.78, 5) is 25.6. The van der Waals surface area contributed by atoms with Crippen LogP contribution < -0.4 is 15.2 Å². The van der Waals surface area contributed by atoms with Crippen molar-refractivity contribution in [2.45, 2.75) is 25.8 Å². The lowest BCUT2D eigenvalue weighted by Gasteiger charge is -2.25. The molecule has 0 bridgehead atoms. The third-order valence-corrected chi connectivity index (χ3v) is 5.58. The van der Waals surface area contributed by atoms with E-state index in [1.54, 1.807) is 11.8 Å². The number of amides is 2. The van der Waals surface area contributed by atoms with E-state index in [0.29, 0.717) is 5.69 Å². The second kappa shape index (κ2) is 9.55. The molecule has 2 heterocycles. The number of methoxy groups -OCH3 is 1. The van der Waals surface area contributed by atoms with Crippen LogP contribution in [0.4, 0.5) is 4.79 Å². The molecule has 0 atom stereocenters. The van der Waals surface area contributed by atoms with E-state index in [9.17, 15) is 14.7 Å². The fourth-order valence-electron chi connectivity index (χ4n) is 3.84. The maximum Gasteiger partial charge on any atom is 0.274 e. The molecular weight excluding hydrogens is 408 g/mol. The molecule has 1 saturated heterocycles. The first-order valence-electron chi connectivity index (χ1n) is 10.6. The highest BCUT2D eigenvalue weighted by Crippen LogP contribution is 2.27. The number of nitrogens with zero attached hydrogens (tertiary/aromatic N) is 3. The summed E-state index contributed by atoms with van der Waals surface area (Å²) in [6.45, 7) is 1.67. The number of piperidine rings is 1. The Bertz CT molecular complexity index is 1080. The van der Waals surface area contributed by atoms with Crippen molar-refractivity contribution in [1.82, 2.24) is 20.0 Å². The number of benzene rings is 2. The minimum absolute atomic E-state index is 0.0620. The zero-order valence-corrected chi connectivity index (χ0v) is 17.9. The van der Waals surface area contributed by atoms with E-state index in [-0.39, 0.29) is 12.5 Å². The number of rotatable bonds is 6. The zero-order valence-electron chi connectivity index (χ0n) is 17.9. The summed E-state index contributed by atoms with van der Waals surface area (Å²) in [5, 5.41) is 17.5. The van der Waals surface area contributed by atoms with Crippen LogP contribution in [0, 0.1) is 0 Å². The first-order chi connectivity index (χ1) is 15.5. The molecule has 1 aromatic heterocycles. The van der Waals surface area contributed by atoms with Gasteiger partial charge < -0.3 is 24.9 Å². The van der Waals surface area contributed by atoms with Crippen molar-refractivity contribution in [3.05, 3.63) is 65.9 Å². The topological polar surface area (TPSA) is 99.5 Å². The Morgan fingerprint density at radius 2 is 1.72 bits per heavy atom. The van der Waals surface area contributed by atoms with Gasteiger partial charge in [-0.25, -0.2) is 4.68 Å². The van der Waals surface area contributed by atoms with Gasteiger partial charge in [-0.15, -0.1) is 0 Å². The lowest BCUT2D eigenvalue weighted by molar-refractivity contribution is -0.251. The smallest absolute Gasteiger partial charge is 0.274 e. The van der Waals surface area contributed by atoms with E-state index in [0.717, 1.165) is 60.6 Å². The van der Waals surface area contributed by atoms with Gasteiger partial charge in [0.2, 0.25) is 0 Å². The van der Waals surface area contributed by atoms with Crippen molar-refractivity contribution in [2.75, 3.05) is 20.2 Å². The minimum Gasteiger partial charge on any atom is -0.530 e. The van der Waals surface area contributed by atoms with E-state index in [2.05, 4.69) is 10.4 Å². The summed E-state index contributed by atoms with van der Waals surface area (Å²) in [6.07, 6.45) is 1.86. The van der Waals surface area contributed by atoms with Crippen LogP contribution in [0.25, 0.3) is 16.9 Å². The molecule has 0 saturated carbocycles. The summed E-state index contributed by atoms with van der Waals surface area (Å²) in [5.41, 5.74) is 3.65. The van der Waals surface area contributed by atoms with Gasteiger partial charge in [0.25, 0.3) is 5.91 Å². The Hall–Kier alpha value is -3.81. The molecule has 1 fully saturated rings. The molecule has 0 spiro atoms. The second-order valence-corrected chi connectivity index (χ2v) is 7.72. The van der Waals surface area contributed by atoms with Crippen LogP contribution in [0.3, 0.4) is 0 Å². The summed E-state index contributed by atoms with van der Waals surface area (Å²) in [6, 6.07) is 16.7. The molecule has 2 amide bonds. The first kappa shape index (κ1) is 21.4. The van der Waals surface area contributed by atoms with E-state index >= 15 is 0 Å². The summed E-state index contributed by atoms with van der Waals surface area (Å²) in [7, 11) is 1.61. The summed E-state index contributed by atoms with van der Waals surface area (Å²) >= 11 is 0. The molecule has 32 heavy (non-hydrogen) atoms. The Morgan fingerprint density at radius 3 is 2.34 bits per heavy atom.